The van der Waals surface area contributed by atoms with Gasteiger partial charge in [0.25, 0.3) is 0 Å². The number of carboxylic acid groups (broad SMARTS) is 1. The van der Waals surface area contributed by atoms with Gasteiger partial charge in [0.05, 0.1) is 11.4 Å². The maximum absolute atomic E-state index is 11.5. The first-order valence-corrected chi connectivity index (χ1v) is 9.76. The summed E-state index contributed by atoms with van der Waals surface area (Å²) in [6.07, 6.45) is 0. The maximum Gasteiger partial charge on any atom is 0.356 e. The van der Waals surface area contributed by atoms with Gasteiger partial charge < -0.3 is 9.84 Å². The van der Waals surface area contributed by atoms with Crippen molar-refractivity contribution in [3.05, 3.63) is 101 Å². The van der Waals surface area contributed by atoms with Gasteiger partial charge >= 0.3 is 5.97 Å². The van der Waals surface area contributed by atoms with Gasteiger partial charge in [0.2, 0.25) is 0 Å². The van der Waals surface area contributed by atoms with Crippen LogP contribution in [-0.2, 0) is 6.61 Å². The lowest BCUT2D eigenvalue weighted by Crippen LogP contribution is -2.04. The van der Waals surface area contributed by atoms with E-state index in [1.807, 2.05) is 73.7 Å². The molecular weight excluding hydrogens is 400 g/mol. The number of carbonyl (C=O) groups is 1. The molecule has 1 aromatic heterocycles. The summed E-state index contributed by atoms with van der Waals surface area (Å²) in [7, 11) is 0. The van der Waals surface area contributed by atoms with Gasteiger partial charge in [0, 0.05) is 10.6 Å². The van der Waals surface area contributed by atoms with E-state index >= 15 is 0 Å². The predicted molar refractivity (Wildman–Crippen MR) is 116 cm³/mol. The smallest absolute Gasteiger partial charge is 0.356 e. The number of aromatic nitrogens is 2. The number of hydrogen-bond donors (Lipinski definition) is 1. The van der Waals surface area contributed by atoms with Crippen molar-refractivity contribution in [2.24, 2.45) is 0 Å². The van der Waals surface area contributed by atoms with Crippen molar-refractivity contribution in [3.8, 4) is 22.7 Å². The summed E-state index contributed by atoms with van der Waals surface area (Å²) >= 11 is 6.07. The van der Waals surface area contributed by atoms with Crippen LogP contribution in [0.1, 0.15) is 21.6 Å². The normalized spacial score (nSPS) is 10.7. The van der Waals surface area contributed by atoms with Gasteiger partial charge in [-0.3, -0.25) is 0 Å². The number of aryl methyl sites for hydroxylation is 1. The van der Waals surface area contributed by atoms with Crippen LogP contribution < -0.4 is 4.74 Å². The molecule has 0 radical (unpaired) electrons. The molecule has 4 rings (SSSR count). The molecule has 150 valence electrons. The maximum atomic E-state index is 11.5. The summed E-state index contributed by atoms with van der Waals surface area (Å²) in [6, 6.07) is 24.4. The lowest BCUT2D eigenvalue weighted by atomic mass is 10.1. The first-order valence-electron chi connectivity index (χ1n) is 9.38. The summed E-state index contributed by atoms with van der Waals surface area (Å²) in [5.74, 6) is -0.348. The van der Waals surface area contributed by atoms with Crippen LogP contribution in [0, 0.1) is 6.92 Å². The highest BCUT2D eigenvalue weighted by Crippen LogP contribution is 2.28. The van der Waals surface area contributed by atoms with E-state index in [-0.39, 0.29) is 5.69 Å². The first-order chi connectivity index (χ1) is 14.5. The molecule has 4 aromatic rings. The van der Waals surface area contributed by atoms with Gasteiger partial charge in [-0.05, 0) is 66.6 Å². The second-order valence-electron chi connectivity index (χ2n) is 6.86. The zero-order valence-electron chi connectivity index (χ0n) is 16.2. The molecule has 0 unspecified atom stereocenters. The fourth-order valence-electron chi connectivity index (χ4n) is 3.19. The van der Waals surface area contributed by atoms with Crippen LogP contribution >= 0.6 is 11.6 Å². The minimum absolute atomic E-state index is 0.0243. The van der Waals surface area contributed by atoms with Crippen LogP contribution in [0.15, 0.2) is 78.9 Å². The van der Waals surface area contributed by atoms with Crippen LogP contribution in [0.3, 0.4) is 0 Å². The van der Waals surface area contributed by atoms with Crippen molar-refractivity contribution in [1.29, 1.82) is 0 Å². The molecule has 30 heavy (non-hydrogen) atoms. The lowest BCUT2D eigenvalue weighted by molar-refractivity contribution is 0.0690. The zero-order valence-corrected chi connectivity index (χ0v) is 17.0. The molecule has 0 aliphatic carbocycles. The highest BCUT2D eigenvalue weighted by molar-refractivity contribution is 6.30. The molecule has 0 spiro atoms. The molecule has 0 atom stereocenters. The summed E-state index contributed by atoms with van der Waals surface area (Å²) in [4.78, 5) is 11.5. The summed E-state index contributed by atoms with van der Waals surface area (Å²) in [5.41, 5.74) is 4.23. The average molecular weight is 419 g/mol. The van der Waals surface area contributed by atoms with Gasteiger partial charge in [0.1, 0.15) is 12.4 Å². The second-order valence-corrected chi connectivity index (χ2v) is 7.30. The van der Waals surface area contributed by atoms with E-state index in [1.54, 1.807) is 16.8 Å². The van der Waals surface area contributed by atoms with Crippen LogP contribution in [0.5, 0.6) is 5.75 Å². The average Bonchev–Trinajstić information content (AvgIpc) is 3.19. The van der Waals surface area contributed by atoms with Gasteiger partial charge in [-0.1, -0.05) is 41.9 Å². The van der Waals surface area contributed by atoms with Crippen molar-refractivity contribution < 1.29 is 14.6 Å². The Kier molecular flexibility index (Phi) is 5.55. The number of hydrogen-bond acceptors (Lipinski definition) is 3. The lowest BCUT2D eigenvalue weighted by Gasteiger charge is -2.12. The third kappa shape index (κ3) is 4.21. The van der Waals surface area contributed by atoms with E-state index < -0.39 is 5.97 Å². The second kappa shape index (κ2) is 8.43. The topological polar surface area (TPSA) is 64.4 Å². The molecule has 5 nitrogen and oxygen atoms in total. The Morgan fingerprint density at radius 1 is 1.03 bits per heavy atom. The minimum atomic E-state index is -1.08. The molecule has 1 N–H and O–H groups in total. The van der Waals surface area contributed by atoms with E-state index in [4.69, 9.17) is 16.3 Å². The van der Waals surface area contributed by atoms with Gasteiger partial charge in [-0.15, -0.1) is 0 Å². The molecule has 1 heterocycles. The third-order valence-corrected chi connectivity index (χ3v) is 4.95. The molecule has 0 amide bonds. The molecule has 0 saturated carbocycles. The van der Waals surface area contributed by atoms with Crippen LogP contribution in [-0.4, -0.2) is 20.9 Å². The van der Waals surface area contributed by atoms with Crippen molar-refractivity contribution >= 4 is 17.6 Å². The fraction of sp³-hybridized carbons (Fsp3) is 0.0833. The number of nitrogens with zero attached hydrogens (tertiary/aromatic N) is 2. The molecular formula is C24H19ClN2O3. The van der Waals surface area contributed by atoms with E-state index in [1.165, 1.54) is 0 Å². The van der Waals surface area contributed by atoms with Crippen LogP contribution in [0.25, 0.3) is 16.9 Å². The van der Waals surface area contributed by atoms with Gasteiger partial charge in [0.15, 0.2) is 5.69 Å². The Morgan fingerprint density at radius 2 is 1.77 bits per heavy atom. The predicted octanol–water partition coefficient (Wildman–Crippen LogP) is 5.78. The quantitative estimate of drug-likeness (QED) is 0.431. The Balaban J connectivity index is 1.65. The fourth-order valence-corrected chi connectivity index (χ4v) is 3.42. The number of halogens is 1. The van der Waals surface area contributed by atoms with Crippen molar-refractivity contribution in [3.63, 3.8) is 0 Å². The number of aromatic carboxylic acids is 1. The van der Waals surface area contributed by atoms with E-state index in [0.29, 0.717) is 17.3 Å². The number of benzene rings is 3. The minimum Gasteiger partial charge on any atom is -0.489 e. The zero-order chi connectivity index (χ0) is 21.1. The summed E-state index contributed by atoms with van der Waals surface area (Å²) in [5, 5.41) is 14.3. The standard InChI is InChI=1S/C24H19ClN2O3/c1-16-13-19(25)9-12-22(16)27-23(14-21(26-27)24(28)29)18-7-10-20(11-8-18)30-15-17-5-3-2-4-6-17/h2-14H,15H2,1H3,(H,28,29). The molecule has 3 aromatic carbocycles. The van der Waals surface area contributed by atoms with Crippen molar-refractivity contribution in [2.75, 3.05) is 0 Å². The highest BCUT2D eigenvalue weighted by atomic mass is 35.5. The molecule has 0 aliphatic heterocycles. The van der Waals surface area contributed by atoms with E-state index in [0.717, 1.165) is 28.1 Å². The molecule has 0 bridgehead atoms. The summed E-state index contributed by atoms with van der Waals surface area (Å²) in [6.45, 7) is 2.39. The number of carboxylic acids is 1. The molecule has 6 heteroatoms. The van der Waals surface area contributed by atoms with Crippen LogP contribution in [0.2, 0.25) is 5.02 Å². The van der Waals surface area contributed by atoms with E-state index in [2.05, 4.69) is 5.10 Å². The summed E-state index contributed by atoms with van der Waals surface area (Å²) < 4.78 is 7.48. The molecule has 0 fully saturated rings. The first kappa shape index (κ1) is 19.7. The molecule has 0 saturated heterocycles. The van der Waals surface area contributed by atoms with Crippen molar-refractivity contribution in [1.82, 2.24) is 9.78 Å². The Morgan fingerprint density at radius 3 is 2.43 bits per heavy atom. The highest BCUT2D eigenvalue weighted by Gasteiger charge is 2.17. The largest absolute Gasteiger partial charge is 0.489 e. The Bertz CT molecular complexity index is 1190. The van der Waals surface area contributed by atoms with E-state index in [9.17, 15) is 9.90 Å². The van der Waals surface area contributed by atoms with Gasteiger partial charge in [-0.25, -0.2) is 9.48 Å². The Labute approximate surface area is 179 Å². The van der Waals surface area contributed by atoms with Crippen molar-refractivity contribution in [2.45, 2.75) is 13.5 Å². The molecule has 0 aliphatic rings. The number of rotatable bonds is 6. The SMILES string of the molecule is Cc1cc(Cl)ccc1-n1nc(C(=O)O)cc1-c1ccc(OCc2ccccc2)cc1. The van der Waals surface area contributed by atoms with Gasteiger partial charge in [-0.2, -0.15) is 5.10 Å². The monoisotopic (exact) mass is 418 g/mol. The Hall–Kier alpha value is -3.57. The third-order valence-electron chi connectivity index (χ3n) is 4.71. The number of ether oxygens (including phenoxy) is 1. The van der Waals surface area contributed by atoms with Crippen LogP contribution in [0.4, 0.5) is 0 Å².